The molecule has 0 bridgehead atoms. The minimum Gasteiger partial charge on any atom is -0.288 e. The van der Waals surface area contributed by atoms with Crippen LogP contribution < -0.4 is 10.4 Å². The number of hydrogen-bond acceptors (Lipinski definition) is 1. The molecule has 16 heavy (non-hydrogen) atoms. The van der Waals surface area contributed by atoms with Crippen LogP contribution in [-0.4, -0.2) is 5.78 Å². The Morgan fingerprint density at radius 3 is 2.50 bits per heavy atom. The summed E-state index contributed by atoms with van der Waals surface area (Å²) in [5.41, 5.74) is 2.26. The lowest BCUT2D eigenvalue weighted by molar-refractivity contribution is -0.110. The van der Waals surface area contributed by atoms with E-state index in [-0.39, 0.29) is 5.78 Å². The molecule has 0 amide bonds. The molecule has 78 valence electrons. The number of rotatable bonds is 0. The van der Waals surface area contributed by atoms with Crippen LogP contribution in [0.25, 0.3) is 11.6 Å². The van der Waals surface area contributed by atoms with Crippen molar-refractivity contribution in [2.45, 2.75) is 0 Å². The lowest BCUT2D eigenvalue weighted by atomic mass is 10.0. The SMILES string of the molecule is O=C1C(I)=CC2=c3ccccc3=CC2=C1I. The minimum absolute atomic E-state index is 0.143. The van der Waals surface area contributed by atoms with Gasteiger partial charge in [0.1, 0.15) is 0 Å². The van der Waals surface area contributed by atoms with Crippen molar-refractivity contribution < 1.29 is 4.79 Å². The predicted molar refractivity (Wildman–Crippen MR) is 81.7 cm³/mol. The highest BCUT2D eigenvalue weighted by atomic mass is 127. The topological polar surface area (TPSA) is 17.1 Å². The van der Waals surface area contributed by atoms with Crippen LogP contribution in [0.4, 0.5) is 0 Å². The zero-order chi connectivity index (χ0) is 11.3. The molecule has 1 aromatic carbocycles. The molecular weight excluding hydrogens is 426 g/mol. The summed E-state index contributed by atoms with van der Waals surface area (Å²) in [6, 6.07) is 8.25. The van der Waals surface area contributed by atoms with E-state index in [1.54, 1.807) is 0 Å². The summed E-state index contributed by atoms with van der Waals surface area (Å²) < 4.78 is 1.63. The van der Waals surface area contributed by atoms with Gasteiger partial charge in [0, 0.05) is 5.57 Å². The number of hydrogen-bond donors (Lipinski definition) is 0. The molecular formula is C13H6I2O. The fraction of sp³-hybridized carbons (Fsp3) is 0. The first-order valence-corrected chi connectivity index (χ1v) is 6.97. The van der Waals surface area contributed by atoms with Gasteiger partial charge in [0.2, 0.25) is 5.78 Å². The van der Waals surface area contributed by atoms with Crippen molar-refractivity contribution in [3.63, 3.8) is 0 Å². The van der Waals surface area contributed by atoms with Crippen LogP contribution in [0, 0.1) is 0 Å². The van der Waals surface area contributed by atoms with E-state index in [9.17, 15) is 4.79 Å². The van der Waals surface area contributed by atoms with Crippen LogP contribution in [0.1, 0.15) is 0 Å². The first-order chi connectivity index (χ1) is 7.68. The molecule has 1 aromatic rings. The number of carbonyl (C=O) groups excluding carboxylic acids is 1. The molecule has 0 N–H and O–H groups in total. The molecule has 0 saturated carbocycles. The third-order valence-corrected chi connectivity index (χ3v) is 4.64. The van der Waals surface area contributed by atoms with E-state index in [1.165, 1.54) is 16.0 Å². The summed E-state index contributed by atoms with van der Waals surface area (Å²) >= 11 is 4.26. The average molecular weight is 432 g/mol. The molecule has 0 fully saturated rings. The predicted octanol–water partition coefficient (Wildman–Crippen LogP) is 2.22. The molecule has 0 unspecified atom stereocenters. The number of allylic oxidation sites excluding steroid dienone is 4. The van der Waals surface area contributed by atoms with Crippen molar-refractivity contribution in [1.29, 1.82) is 0 Å². The Kier molecular flexibility index (Phi) is 2.54. The van der Waals surface area contributed by atoms with E-state index >= 15 is 0 Å². The summed E-state index contributed by atoms with van der Waals surface area (Å²) in [4.78, 5) is 11.8. The van der Waals surface area contributed by atoms with E-state index in [1.807, 2.05) is 18.2 Å². The summed E-state index contributed by atoms with van der Waals surface area (Å²) in [6.45, 7) is 0. The summed E-state index contributed by atoms with van der Waals surface area (Å²) in [6.07, 6.45) is 4.09. The second kappa shape index (κ2) is 3.80. The Hall–Kier alpha value is -0.430. The fourth-order valence-electron chi connectivity index (χ4n) is 2.00. The Bertz CT molecular complexity index is 693. The number of fused-ring (bicyclic) bond motifs is 2. The van der Waals surface area contributed by atoms with Gasteiger partial charge in [0.05, 0.1) is 7.16 Å². The van der Waals surface area contributed by atoms with Gasteiger partial charge in [-0.3, -0.25) is 4.79 Å². The maximum Gasteiger partial charge on any atom is 0.205 e. The van der Waals surface area contributed by atoms with Crippen molar-refractivity contribution in [2.75, 3.05) is 0 Å². The highest BCUT2D eigenvalue weighted by Crippen LogP contribution is 2.34. The largest absolute Gasteiger partial charge is 0.288 e. The second-order valence-electron chi connectivity index (χ2n) is 3.69. The average Bonchev–Trinajstić information content (AvgIpc) is 2.65. The molecule has 0 radical (unpaired) electrons. The van der Waals surface area contributed by atoms with Gasteiger partial charge in [0.25, 0.3) is 0 Å². The van der Waals surface area contributed by atoms with E-state index in [2.05, 4.69) is 63.4 Å². The van der Waals surface area contributed by atoms with Crippen LogP contribution in [0.5, 0.6) is 0 Å². The Balaban J connectivity index is 2.48. The standard InChI is InChI=1S/C13H6I2O/c14-11-6-9-8-4-2-1-3-7(8)5-10(9)12(15)13(11)16/h1-6H. The summed E-state index contributed by atoms with van der Waals surface area (Å²) in [5.74, 6) is 0.143. The van der Waals surface area contributed by atoms with Crippen molar-refractivity contribution >= 4 is 62.6 Å². The number of Topliss-reactive ketones (excluding diaryl/α,β-unsaturated/α-hetero) is 1. The van der Waals surface area contributed by atoms with Crippen molar-refractivity contribution in [3.8, 4) is 0 Å². The van der Waals surface area contributed by atoms with Gasteiger partial charge in [-0.15, -0.1) is 0 Å². The molecule has 0 spiro atoms. The molecule has 0 aliphatic heterocycles. The monoisotopic (exact) mass is 432 g/mol. The van der Waals surface area contributed by atoms with Gasteiger partial charge >= 0.3 is 0 Å². The molecule has 0 saturated heterocycles. The number of benzene rings is 1. The maximum atomic E-state index is 11.8. The molecule has 1 nitrogen and oxygen atoms in total. The molecule has 0 heterocycles. The lowest BCUT2D eigenvalue weighted by Gasteiger charge is -2.11. The van der Waals surface area contributed by atoms with Crippen LogP contribution in [0.15, 0.2) is 43.1 Å². The maximum absolute atomic E-state index is 11.8. The molecule has 3 rings (SSSR count). The molecule has 2 aliphatic rings. The van der Waals surface area contributed by atoms with Crippen LogP contribution in [0.3, 0.4) is 0 Å². The smallest absolute Gasteiger partial charge is 0.205 e. The quantitative estimate of drug-likeness (QED) is 0.576. The van der Waals surface area contributed by atoms with Crippen molar-refractivity contribution in [2.24, 2.45) is 0 Å². The molecule has 3 heteroatoms. The first-order valence-electron chi connectivity index (χ1n) is 4.81. The number of ketones is 1. The van der Waals surface area contributed by atoms with Crippen LogP contribution in [0.2, 0.25) is 0 Å². The number of halogens is 2. The van der Waals surface area contributed by atoms with Gasteiger partial charge < -0.3 is 0 Å². The Labute approximate surface area is 120 Å². The number of carbonyl (C=O) groups is 1. The van der Waals surface area contributed by atoms with Crippen molar-refractivity contribution in [3.05, 3.63) is 53.5 Å². The van der Waals surface area contributed by atoms with E-state index < -0.39 is 0 Å². The van der Waals surface area contributed by atoms with Crippen LogP contribution in [-0.2, 0) is 4.79 Å². The molecule has 0 atom stereocenters. The third kappa shape index (κ3) is 1.44. The second-order valence-corrected chi connectivity index (χ2v) is 5.94. The summed E-state index contributed by atoms with van der Waals surface area (Å²) in [5, 5.41) is 2.44. The highest BCUT2D eigenvalue weighted by Gasteiger charge is 2.24. The zero-order valence-corrected chi connectivity index (χ0v) is 12.4. The Morgan fingerprint density at radius 2 is 1.69 bits per heavy atom. The van der Waals surface area contributed by atoms with Gasteiger partial charge in [-0.2, -0.15) is 0 Å². The highest BCUT2D eigenvalue weighted by molar-refractivity contribution is 14.1. The summed E-state index contributed by atoms with van der Waals surface area (Å²) in [7, 11) is 0. The van der Waals surface area contributed by atoms with E-state index in [4.69, 9.17) is 0 Å². The lowest BCUT2D eigenvalue weighted by Crippen LogP contribution is -2.21. The molecule has 2 aliphatic carbocycles. The van der Waals surface area contributed by atoms with Crippen molar-refractivity contribution in [1.82, 2.24) is 0 Å². The van der Waals surface area contributed by atoms with Gasteiger partial charge in [-0.25, -0.2) is 0 Å². The normalized spacial score (nSPS) is 18.0. The van der Waals surface area contributed by atoms with E-state index in [0.717, 1.165) is 12.7 Å². The first kappa shape index (κ1) is 10.7. The molecule has 0 aromatic heterocycles. The fourth-order valence-corrected chi connectivity index (χ4v) is 3.84. The van der Waals surface area contributed by atoms with Gasteiger partial charge in [0.15, 0.2) is 0 Å². The zero-order valence-electron chi connectivity index (χ0n) is 8.13. The third-order valence-electron chi connectivity index (χ3n) is 2.76. The Morgan fingerprint density at radius 1 is 0.938 bits per heavy atom. The van der Waals surface area contributed by atoms with E-state index in [0.29, 0.717) is 0 Å². The minimum atomic E-state index is 0.143. The van der Waals surface area contributed by atoms with Crippen LogP contribution >= 0.6 is 45.2 Å². The van der Waals surface area contributed by atoms with Gasteiger partial charge in [-0.1, -0.05) is 24.3 Å². The van der Waals surface area contributed by atoms with Gasteiger partial charge in [-0.05, 0) is 73.3 Å².